The molecule has 0 heterocycles. The Bertz CT molecular complexity index is 817. The lowest BCUT2D eigenvalue weighted by Crippen LogP contribution is -2.02. The van der Waals surface area contributed by atoms with Gasteiger partial charge in [0, 0.05) is 5.70 Å². The van der Waals surface area contributed by atoms with Crippen LogP contribution in [-0.4, -0.2) is 5.71 Å². The molecule has 2 nitrogen and oxygen atoms in total. The average Bonchev–Trinajstić information content (AvgIpc) is 2.63. The summed E-state index contributed by atoms with van der Waals surface area (Å²) < 4.78 is 0. The zero-order valence-electron chi connectivity index (χ0n) is 12.7. The lowest BCUT2D eigenvalue weighted by molar-refractivity contribution is 1.47. The van der Waals surface area contributed by atoms with Crippen LogP contribution < -0.4 is 5.73 Å². The van der Waals surface area contributed by atoms with Gasteiger partial charge in [0.2, 0.25) is 0 Å². The number of allylic oxidation sites excluding steroid dienone is 1. The molecule has 23 heavy (non-hydrogen) atoms. The smallest absolute Gasteiger partial charge is 0.0632 e. The SMILES string of the molecule is N=C(C=C(N)c1ccccc1)c1ccc(-c2ccccc2)cc1. The second-order valence-electron chi connectivity index (χ2n) is 5.32. The Morgan fingerprint density at radius 3 is 1.78 bits per heavy atom. The Labute approximate surface area is 136 Å². The molecule has 0 unspecified atom stereocenters. The van der Waals surface area contributed by atoms with Crippen LogP contribution in [0, 0.1) is 5.41 Å². The summed E-state index contributed by atoms with van der Waals surface area (Å²) in [5.41, 5.74) is 11.2. The molecule has 3 rings (SSSR count). The molecule has 0 saturated carbocycles. The zero-order valence-corrected chi connectivity index (χ0v) is 12.7. The number of nitrogens with two attached hydrogens (primary N) is 1. The molecule has 2 heteroatoms. The molecule has 0 aromatic heterocycles. The van der Waals surface area contributed by atoms with E-state index in [-0.39, 0.29) is 0 Å². The molecule has 112 valence electrons. The minimum Gasteiger partial charge on any atom is -0.398 e. The highest BCUT2D eigenvalue weighted by Gasteiger charge is 2.03. The van der Waals surface area contributed by atoms with Gasteiger partial charge in [-0.3, -0.25) is 0 Å². The number of benzene rings is 3. The summed E-state index contributed by atoms with van der Waals surface area (Å²) in [6.45, 7) is 0. The zero-order chi connectivity index (χ0) is 16.1. The highest BCUT2D eigenvalue weighted by Crippen LogP contribution is 2.20. The largest absolute Gasteiger partial charge is 0.398 e. The highest BCUT2D eigenvalue weighted by atomic mass is 14.6. The van der Waals surface area contributed by atoms with E-state index in [2.05, 4.69) is 12.1 Å². The molecule has 0 spiro atoms. The summed E-state index contributed by atoms with van der Waals surface area (Å²) in [6, 6.07) is 27.9. The van der Waals surface area contributed by atoms with E-state index >= 15 is 0 Å². The van der Waals surface area contributed by atoms with E-state index in [1.807, 2.05) is 72.8 Å². The summed E-state index contributed by atoms with van der Waals surface area (Å²) >= 11 is 0. The third-order valence-corrected chi connectivity index (χ3v) is 3.71. The minimum atomic E-state index is 0.408. The maximum atomic E-state index is 8.23. The Kier molecular flexibility index (Phi) is 4.34. The second-order valence-corrected chi connectivity index (χ2v) is 5.32. The first-order valence-corrected chi connectivity index (χ1v) is 7.51. The maximum Gasteiger partial charge on any atom is 0.0632 e. The molecule has 0 amide bonds. The van der Waals surface area contributed by atoms with Crippen LogP contribution in [-0.2, 0) is 0 Å². The van der Waals surface area contributed by atoms with Gasteiger partial charge in [0.25, 0.3) is 0 Å². The fourth-order valence-corrected chi connectivity index (χ4v) is 2.43. The van der Waals surface area contributed by atoms with E-state index in [1.165, 1.54) is 5.56 Å². The van der Waals surface area contributed by atoms with Gasteiger partial charge in [-0.2, -0.15) is 0 Å². The minimum absolute atomic E-state index is 0.408. The van der Waals surface area contributed by atoms with Crippen molar-refractivity contribution in [2.45, 2.75) is 0 Å². The topological polar surface area (TPSA) is 49.9 Å². The van der Waals surface area contributed by atoms with Crippen molar-refractivity contribution in [3.05, 3.63) is 102 Å². The lowest BCUT2D eigenvalue weighted by Gasteiger charge is -2.05. The van der Waals surface area contributed by atoms with Crippen molar-refractivity contribution in [3.63, 3.8) is 0 Å². The van der Waals surface area contributed by atoms with Crippen molar-refractivity contribution in [1.82, 2.24) is 0 Å². The molecule has 3 N–H and O–H groups in total. The van der Waals surface area contributed by atoms with Gasteiger partial charge in [-0.05, 0) is 28.3 Å². The predicted octanol–water partition coefficient (Wildman–Crippen LogP) is 4.72. The summed E-state index contributed by atoms with van der Waals surface area (Å²) in [5, 5.41) is 8.23. The molecule has 0 radical (unpaired) electrons. The van der Waals surface area contributed by atoms with Gasteiger partial charge in [0.1, 0.15) is 0 Å². The Morgan fingerprint density at radius 1 is 0.652 bits per heavy atom. The first-order chi connectivity index (χ1) is 11.2. The second kappa shape index (κ2) is 6.75. The van der Waals surface area contributed by atoms with Crippen molar-refractivity contribution in [2.75, 3.05) is 0 Å². The number of hydrogen-bond acceptors (Lipinski definition) is 2. The summed E-state index contributed by atoms with van der Waals surface area (Å²) in [6.07, 6.45) is 1.70. The van der Waals surface area contributed by atoms with Crippen LogP contribution in [0.15, 0.2) is 91.0 Å². The van der Waals surface area contributed by atoms with Crippen LogP contribution in [0.2, 0.25) is 0 Å². The molecule has 0 bridgehead atoms. The Hall–Kier alpha value is -3.13. The van der Waals surface area contributed by atoms with E-state index in [4.69, 9.17) is 11.1 Å². The van der Waals surface area contributed by atoms with Crippen LogP contribution in [0.3, 0.4) is 0 Å². The predicted molar refractivity (Wildman–Crippen MR) is 97.3 cm³/mol. The molecular formula is C21H18N2. The van der Waals surface area contributed by atoms with E-state index in [9.17, 15) is 0 Å². The standard InChI is InChI=1S/C21H18N2/c22-20(18-9-5-2-6-10-18)15-21(23)19-13-11-17(12-14-19)16-7-3-1-4-8-16/h1-15,23H,22H2. The third-order valence-electron chi connectivity index (χ3n) is 3.71. The summed E-state index contributed by atoms with van der Waals surface area (Å²) in [7, 11) is 0. The fraction of sp³-hybridized carbons (Fsp3) is 0. The average molecular weight is 298 g/mol. The monoisotopic (exact) mass is 298 g/mol. The lowest BCUT2D eigenvalue weighted by atomic mass is 10.0. The number of nitrogens with one attached hydrogen (secondary N) is 1. The van der Waals surface area contributed by atoms with E-state index in [1.54, 1.807) is 6.08 Å². The van der Waals surface area contributed by atoms with E-state index < -0.39 is 0 Å². The summed E-state index contributed by atoms with van der Waals surface area (Å²) in [5.74, 6) is 0. The Balaban J connectivity index is 1.81. The summed E-state index contributed by atoms with van der Waals surface area (Å²) in [4.78, 5) is 0. The van der Waals surface area contributed by atoms with Crippen molar-refractivity contribution in [3.8, 4) is 11.1 Å². The van der Waals surface area contributed by atoms with Crippen LogP contribution in [0.4, 0.5) is 0 Å². The van der Waals surface area contributed by atoms with Gasteiger partial charge in [-0.15, -0.1) is 0 Å². The van der Waals surface area contributed by atoms with Crippen LogP contribution >= 0.6 is 0 Å². The maximum absolute atomic E-state index is 8.23. The molecule has 0 saturated heterocycles. The molecule has 3 aromatic carbocycles. The molecule has 3 aromatic rings. The Morgan fingerprint density at radius 2 is 1.17 bits per heavy atom. The molecule has 0 aliphatic carbocycles. The van der Waals surface area contributed by atoms with Gasteiger partial charge in [0.15, 0.2) is 0 Å². The quantitative estimate of drug-likeness (QED) is 0.673. The van der Waals surface area contributed by atoms with E-state index in [0.29, 0.717) is 11.4 Å². The molecule has 0 fully saturated rings. The third kappa shape index (κ3) is 3.55. The van der Waals surface area contributed by atoms with Crippen LogP contribution in [0.1, 0.15) is 11.1 Å². The van der Waals surface area contributed by atoms with Gasteiger partial charge in [-0.1, -0.05) is 84.9 Å². The fourth-order valence-electron chi connectivity index (χ4n) is 2.43. The van der Waals surface area contributed by atoms with Crippen molar-refractivity contribution < 1.29 is 0 Å². The molecule has 0 aliphatic heterocycles. The van der Waals surface area contributed by atoms with Gasteiger partial charge in [-0.25, -0.2) is 0 Å². The number of hydrogen-bond donors (Lipinski definition) is 2. The van der Waals surface area contributed by atoms with E-state index in [0.717, 1.165) is 16.7 Å². The molecule has 0 aliphatic rings. The van der Waals surface area contributed by atoms with Gasteiger partial charge >= 0.3 is 0 Å². The van der Waals surface area contributed by atoms with Crippen LogP contribution in [0.5, 0.6) is 0 Å². The molecule has 0 atom stereocenters. The number of rotatable bonds is 4. The first kappa shape index (κ1) is 14.8. The van der Waals surface area contributed by atoms with Gasteiger partial charge < -0.3 is 11.1 Å². The first-order valence-electron chi connectivity index (χ1n) is 7.51. The van der Waals surface area contributed by atoms with Crippen molar-refractivity contribution >= 4 is 11.4 Å². The van der Waals surface area contributed by atoms with Crippen molar-refractivity contribution in [1.29, 1.82) is 5.41 Å². The van der Waals surface area contributed by atoms with Crippen molar-refractivity contribution in [2.24, 2.45) is 5.73 Å². The highest BCUT2D eigenvalue weighted by molar-refractivity contribution is 6.10. The molecular weight excluding hydrogens is 280 g/mol. The normalized spacial score (nSPS) is 11.2. The van der Waals surface area contributed by atoms with Gasteiger partial charge in [0.05, 0.1) is 5.71 Å². The van der Waals surface area contributed by atoms with Crippen LogP contribution in [0.25, 0.3) is 16.8 Å².